The molecule has 5 heteroatoms. The van der Waals surface area contributed by atoms with E-state index in [4.69, 9.17) is 5.73 Å². The Morgan fingerprint density at radius 3 is 2.47 bits per heavy atom. The minimum atomic E-state index is -0.535. The largest absolute Gasteiger partial charge is 0.366 e. The zero-order chi connectivity index (χ0) is 13.7. The van der Waals surface area contributed by atoms with Crippen LogP contribution in [0.25, 0.3) is 0 Å². The zero-order valence-electron chi connectivity index (χ0n) is 10.2. The highest BCUT2D eigenvalue weighted by Gasteiger charge is 2.09. The highest BCUT2D eigenvalue weighted by atomic mass is 16.3. The number of primary amides is 1. The van der Waals surface area contributed by atoms with Crippen LogP contribution in [0, 0.1) is 4.91 Å². The molecule has 96 valence electrons. The van der Waals surface area contributed by atoms with Crippen molar-refractivity contribution < 1.29 is 4.79 Å². The van der Waals surface area contributed by atoms with Crippen LogP contribution in [0.4, 0.5) is 5.69 Å². The van der Waals surface area contributed by atoms with E-state index in [1.807, 2.05) is 30.3 Å². The lowest BCUT2D eigenvalue weighted by Gasteiger charge is -2.15. The van der Waals surface area contributed by atoms with Crippen LogP contribution in [0.15, 0.2) is 59.9 Å². The van der Waals surface area contributed by atoms with Gasteiger partial charge in [0, 0.05) is 5.56 Å². The van der Waals surface area contributed by atoms with Gasteiger partial charge in [0.25, 0.3) is 0 Å². The predicted octanol–water partition coefficient (Wildman–Crippen LogP) is 2.47. The van der Waals surface area contributed by atoms with Gasteiger partial charge in [0.15, 0.2) is 0 Å². The summed E-state index contributed by atoms with van der Waals surface area (Å²) in [7, 11) is 0. The Kier molecular flexibility index (Phi) is 3.87. The van der Waals surface area contributed by atoms with E-state index in [0.717, 1.165) is 5.56 Å². The molecule has 0 aliphatic rings. The van der Waals surface area contributed by atoms with Crippen molar-refractivity contribution in [3.8, 4) is 0 Å². The van der Waals surface area contributed by atoms with Crippen molar-refractivity contribution in [3.05, 3.63) is 70.6 Å². The SMILES string of the molecule is NC(=O)c1cccc(N(Cc2ccccc2)N=O)c1. The van der Waals surface area contributed by atoms with E-state index >= 15 is 0 Å². The van der Waals surface area contributed by atoms with Crippen molar-refractivity contribution in [3.63, 3.8) is 0 Å². The number of carbonyl (C=O) groups excluding carboxylic acids is 1. The average molecular weight is 255 g/mol. The number of amides is 1. The molecule has 0 atom stereocenters. The smallest absolute Gasteiger partial charge is 0.248 e. The molecular formula is C14H13N3O2. The van der Waals surface area contributed by atoms with Crippen molar-refractivity contribution >= 4 is 11.6 Å². The predicted molar refractivity (Wildman–Crippen MR) is 73.4 cm³/mol. The fourth-order valence-corrected chi connectivity index (χ4v) is 1.74. The van der Waals surface area contributed by atoms with Gasteiger partial charge in [-0.05, 0) is 23.8 Å². The zero-order valence-corrected chi connectivity index (χ0v) is 10.2. The summed E-state index contributed by atoms with van der Waals surface area (Å²) in [5.74, 6) is -0.535. The number of benzene rings is 2. The Labute approximate surface area is 110 Å². The number of nitrogens with two attached hydrogens (primary N) is 1. The van der Waals surface area contributed by atoms with Crippen molar-refractivity contribution in [2.45, 2.75) is 6.54 Å². The van der Waals surface area contributed by atoms with Gasteiger partial charge in [0.05, 0.1) is 17.5 Å². The number of nitroso groups, excluding NO2 is 1. The second-order valence-electron chi connectivity index (χ2n) is 4.04. The fourth-order valence-electron chi connectivity index (χ4n) is 1.74. The molecule has 0 fully saturated rings. The Morgan fingerprint density at radius 1 is 1.11 bits per heavy atom. The maximum atomic E-state index is 11.1. The van der Waals surface area contributed by atoms with Gasteiger partial charge in [-0.15, -0.1) is 4.91 Å². The van der Waals surface area contributed by atoms with Crippen LogP contribution in [-0.2, 0) is 6.54 Å². The van der Waals surface area contributed by atoms with Gasteiger partial charge in [-0.2, -0.15) is 0 Å². The Bertz CT molecular complexity index is 584. The van der Waals surface area contributed by atoms with Crippen molar-refractivity contribution in [2.24, 2.45) is 11.0 Å². The van der Waals surface area contributed by atoms with E-state index in [1.165, 1.54) is 5.01 Å². The van der Waals surface area contributed by atoms with Gasteiger partial charge < -0.3 is 5.73 Å². The molecule has 0 aliphatic heterocycles. The molecule has 0 saturated heterocycles. The van der Waals surface area contributed by atoms with Crippen molar-refractivity contribution in [2.75, 3.05) is 5.01 Å². The Morgan fingerprint density at radius 2 is 1.84 bits per heavy atom. The van der Waals surface area contributed by atoms with E-state index in [-0.39, 0.29) is 0 Å². The first-order chi connectivity index (χ1) is 9.20. The van der Waals surface area contributed by atoms with Gasteiger partial charge in [-0.1, -0.05) is 36.4 Å². The topological polar surface area (TPSA) is 75.8 Å². The number of hydrogen-bond acceptors (Lipinski definition) is 3. The molecule has 5 nitrogen and oxygen atoms in total. The van der Waals surface area contributed by atoms with Gasteiger partial charge >= 0.3 is 0 Å². The summed E-state index contributed by atoms with van der Waals surface area (Å²) in [4.78, 5) is 22.1. The summed E-state index contributed by atoms with van der Waals surface area (Å²) in [6, 6.07) is 16.0. The minimum Gasteiger partial charge on any atom is -0.366 e. The average Bonchev–Trinajstić information content (AvgIpc) is 2.46. The summed E-state index contributed by atoms with van der Waals surface area (Å²) >= 11 is 0. The van der Waals surface area contributed by atoms with E-state index < -0.39 is 5.91 Å². The first kappa shape index (κ1) is 12.8. The molecule has 0 unspecified atom stereocenters. The summed E-state index contributed by atoms with van der Waals surface area (Å²) in [6.45, 7) is 0.340. The molecule has 2 aromatic rings. The van der Waals surface area contributed by atoms with Crippen LogP contribution >= 0.6 is 0 Å². The second-order valence-corrected chi connectivity index (χ2v) is 4.04. The number of carbonyl (C=O) groups is 1. The first-order valence-electron chi connectivity index (χ1n) is 5.75. The van der Waals surface area contributed by atoms with Gasteiger partial charge in [-0.25, -0.2) is 5.01 Å². The molecule has 0 heterocycles. The van der Waals surface area contributed by atoms with Crippen molar-refractivity contribution in [1.29, 1.82) is 0 Å². The number of rotatable bonds is 5. The molecule has 0 bridgehead atoms. The normalized spacial score (nSPS) is 9.89. The van der Waals surface area contributed by atoms with Crippen LogP contribution in [0.5, 0.6) is 0 Å². The monoisotopic (exact) mass is 255 g/mol. The highest BCUT2D eigenvalue weighted by Crippen LogP contribution is 2.19. The molecule has 19 heavy (non-hydrogen) atoms. The molecule has 2 rings (SSSR count). The molecule has 0 aromatic heterocycles. The van der Waals surface area contributed by atoms with Crippen LogP contribution in [0.2, 0.25) is 0 Å². The lowest BCUT2D eigenvalue weighted by atomic mass is 10.1. The van der Waals surface area contributed by atoms with E-state index in [2.05, 4.69) is 5.29 Å². The van der Waals surface area contributed by atoms with Crippen molar-refractivity contribution in [1.82, 2.24) is 0 Å². The molecule has 2 N–H and O–H groups in total. The molecule has 0 radical (unpaired) electrons. The third-order valence-corrected chi connectivity index (χ3v) is 2.70. The second kappa shape index (κ2) is 5.77. The third kappa shape index (κ3) is 3.16. The molecule has 0 aliphatic carbocycles. The summed E-state index contributed by atoms with van der Waals surface area (Å²) in [5, 5.41) is 4.26. The summed E-state index contributed by atoms with van der Waals surface area (Å²) in [5.41, 5.74) is 7.04. The van der Waals surface area contributed by atoms with E-state index in [1.54, 1.807) is 24.3 Å². The maximum Gasteiger partial charge on any atom is 0.248 e. The molecule has 1 amide bonds. The summed E-state index contributed by atoms with van der Waals surface area (Å²) in [6.07, 6.45) is 0. The number of anilines is 1. The lowest BCUT2D eigenvalue weighted by molar-refractivity contribution is 0.100. The van der Waals surface area contributed by atoms with E-state index in [0.29, 0.717) is 17.8 Å². The first-order valence-corrected chi connectivity index (χ1v) is 5.75. The number of hydrogen-bond donors (Lipinski definition) is 1. The van der Waals surface area contributed by atoms with Gasteiger partial charge in [0.2, 0.25) is 5.91 Å². The lowest BCUT2D eigenvalue weighted by Crippen LogP contribution is -2.16. The van der Waals surface area contributed by atoms with Gasteiger partial charge in [0.1, 0.15) is 0 Å². The molecule has 2 aromatic carbocycles. The van der Waals surface area contributed by atoms with Crippen LogP contribution in [-0.4, -0.2) is 5.91 Å². The maximum absolute atomic E-state index is 11.1. The minimum absolute atomic E-state index is 0.340. The van der Waals surface area contributed by atoms with Crippen LogP contribution in [0.1, 0.15) is 15.9 Å². The van der Waals surface area contributed by atoms with Crippen LogP contribution in [0.3, 0.4) is 0 Å². The number of nitrogens with zero attached hydrogens (tertiary/aromatic N) is 2. The Balaban J connectivity index is 2.24. The fraction of sp³-hybridized carbons (Fsp3) is 0.0714. The molecule has 0 saturated carbocycles. The summed E-state index contributed by atoms with van der Waals surface area (Å²) < 4.78 is 0. The standard InChI is InChI=1S/C14H13N3O2/c15-14(18)12-7-4-8-13(9-12)17(16-19)10-11-5-2-1-3-6-11/h1-9H,10H2,(H2,15,18). The molecule has 0 spiro atoms. The Hall–Kier alpha value is -2.69. The third-order valence-electron chi connectivity index (χ3n) is 2.70. The van der Waals surface area contributed by atoms with Crippen LogP contribution < -0.4 is 10.7 Å². The molecular weight excluding hydrogens is 242 g/mol. The quantitative estimate of drug-likeness (QED) is 0.658. The van der Waals surface area contributed by atoms with Gasteiger partial charge in [-0.3, -0.25) is 4.79 Å². The van der Waals surface area contributed by atoms with E-state index in [9.17, 15) is 9.70 Å². The highest BCUT2D eigenvalue weighted by molar-refractivity contribution is 5.93.